The molecule has 0 aliphatic rings. The molecule has 0 saturated heterocycles. The number of carbonyl (C=O) groups is 2. The van der Waals surface area contributed by atoms with Gasteiger partial charge in [-0.2, -0.15) is 0 Å². The van der Waals surface area contributed by atoms with E-state index >= 15 is 0 Å². The van der Waals surface area contributed by atoms with Gasteiger partial charge in [-0.25, -0.2) is 4.98 Å². The Bertz CT molecular complexity index is 941. The van der Waals surface area contributed by atoms with Gasteiger partial charge in [0.25, 0.3) is 0 Å². The van der Waals surface area contributed by atoms with E-state index in [9.17, 15) is 9.59 Å². The van der Waals surface area contributed by atoms with Crippen molar-refractivity contribution in [2.24, 2.45) is 0 Å². The highest BCUT2D eigenvalue weighted by molar-refractivity contribution is 5.95. The molecule has 6 nitrogen and oxygen atoms in total. The van der Waals surface area contributed by atoms with E-state index in [4.69, 9.17) is 4.74 Å². The summed E-state index contributed by atoms with van der Waals surface area (Å²) >= 11 is 0. The third-order valence-corrected chi connectivity index (χ3v) is 3.93. The van der Waals surface area contributed by atoms with Crippen molar-refractivity contribution in [1.82, 2.24) is 4.98 Å². The molecule has 2 aromatic carbocycles. The zero-order valence-corrected chi connectivity index (χ0v) is 15.5. The molecule has 0 bridgehead atoms. The number of nitrogens with one attached hydrogen (secondary N) is 2. The summed E-state index contributed by atoms with van der Waals surface area (Å²) in [5, 5.41) is 5.93. The molecule has 1 heterocycles. The summed E-state index contributed by atoms with van der Waals surface area (Å²) in [7, 11) is 0. The Balaban J connectivity index is 1.49. The molecular formula is C22H21N3O3. The average molecular weight is 375 g/mol. The number of Topliss-reactive ketones (excluding diaryl/α,β-unsaturated/α-hetero) is 1. The Labute approximate surface area is 163 Å². The molecule has 1 aromatic heterocycles. The molecule has 0 atom stereocenters. The molecule has 0 aliphatic carbocycles. The second kappa shape index (κ2) is 9.32. The maximum Gasteiger partial charge on any atom is 0.227 e. The summed E-state index contributed by atoms with van der Waals surface area (Å²) in [6, 6.07) is 20.1. The van der Waals surface area contributed by atoms with Gasteiger partial charge >= 0.3 is 0 Å². The van der Waals surface area contributed by atoms with Crippen LogP contribution in [0.2, 0.25) is 0 Å². The van der Waals surface area contributed by atoms with Crippen molar-refractivity contribution in [3.05, 3.63) is 78.5 Å². The number of amides is 1. The average Bonchev–Trinajstić information content (AvgIpc) is 2.70. The van der Waals surface area contributed by atoms with Crippen LogP contribution in [-0.4, -0.2) is 23.3 Å². The largest absolute Gasteiger partial charge is 0.493 e. The number of aromatic nitrogens is 1. The van der Waals surface area contributed by atoms with Gasteiger partial charge in [0.05, 0.1) is 24.9 Å². The molecule has 0 fully saturated rings. The van der Waals surface area contributed by atoms with Crippen LogP contribution in [-0.2, 0) is 4.79 Å². The Hall–Kier alpha value is -3.67. The summed E-state index contributed by atoms with van der Waals surface area (Å²) in [5.41, 5.74) is 2.01. The molecule has 0 saturated carbocycles. The normalized spacial score (nSPS) is 10.2. The van der Waals surface area contributed by atoms with E-state index in [1.807, 2.05) is 42.5 Å². The van der Waals surface area contributed by atoms with E-state index in [0.29, 0.717) is 23.7 Å². The van der Waals surface area contributed by atoms with Crippen LogP contribution >= 0.6 is 0 Å². The second-order valence-electron chi connectivity index (χ2n) is 6.15. The molecule has 0 radical (unpaired) electrons. The number of ketones is 1. The molecule has 28 heavy (non-hydrogen) atoms. The highest BCUT2D eigenvalue weighted by Crippen LogP contribution is 2.18. The first-order valence-corrected chi connectivity index (χ1v) is 8.92. The number of para-hydroxylation sites is 1. The molecule has 0 spiro atoms. The smallest absolute Gasteiger partial charge is 0.227 e. The lowest BCUT2D eigenvalue weighted by Crippen LogP contribution is -2.15. The van der Waals surface area contributed by atoms with Gasteiger partial charge in [0, 0.05) is 11.3 Å². The lowest BCUT2D eigenvalue weighted by molar-refractivity contribution is -0.116. The van der Waals surface area contributed by atoms with E-state index in [1.165, 1.54) is 6.92 Å². The van der Waals surface area contributed by atoms with Crippen molar-refractivity contribution in [2.45, 2.75) is 13.3 Å². The van der Waals surface area contributed by atoms with Crippen LogP contribution in [0.1, 0.15) is 23.7 Å². The minimum Gasteiger partial charge on any atom is -0.493 e. The number of rotatable bonds is 8. The predicted molar refractivity (Wildman–Crippen MR) is 109 cm³/mol. The van der Waals surface area contributed by atoms with Gasteiger partial charge in [0.1, 0.15) is 11.6 Å². The number of ether oxygens (including phenoxy) is 1. The van der Waals surface area contributed by atoms with Crippen LogP contribution < -0.4 is 15.4 Å². The van der Waals surface area contributed by atoms with Crippen LogP contribution in [0.5, 0.6) is 5.75 Å². The summed E-state index contributed by atoms with van der Waals surface area (Å²) in [6.45, 7) is 1.83. The van der Waals surface area contributed by atoms with E-state index in [0.717, 1.165) is 11.4 Å². The molecule has 3 rings (SSSR count). The lowest BCUT2D eigenvalue weighted by atomic mass is 10.1. The highest BCUT2D eigenvalue weighted by atomic mass is 16.5. The van der Waals surface area contributed by atoms with Crippen molar-refractivity contribution in [2.75, 3.05) is 17.2 Å². The Morgan fingerprint density at radius 2 is 1.79 bits per heavy atom. The maximum atomic E-state index is 12.0. The highest BCUT2D eigenvalue weighted by Gasteiger charge is 2.05. The quantitative estimate of drug-likeness (QED) is 0.569. The predicted octanol–water partition coefficient (Wildman–Crippen LogP) is 4.44. The fourth-order valence-corrected chi connectivity index (χ4v) is 2.51. The molecule has 142 valence electrons. The number of anilines is 3. The first-order valence-electron chi connectivity index (χ1n) is 8.92. The summed E-state index contributed by atoms with van der Waals surface area (Å²) in [4.78, 5) is 27.8. The van der Waals surface area contributed by atoms with Gasteiger partial charge in [-0.3, -0.25) is 9.59 Å². The monoisotopic (exact) mass is 375 g/mol. The van der Waals surface area contributed by atoms with Crippen molar-refractivity contribution in [1.29, 1.82) is 0 Å². The van der Waals surface area contributed by atoms with Crippen LogP contribution in [0, 0.1) is 0 Å². The number of nitrogens with zero attached hydrogens (tertiary/aromatic N) is 1. The van der Waals surface area contributed by atoms with E-state index in [-0.39, 0.29) is 18.1 Å². The second-order valence-corrected chi connectivity index (χ2v) is 6.15. The van der Waals surface area contributed by atoms with E-state index in [1.54, 1.807) is 30.5 Å². The Morgan fingerprint density at radius 3 is 2.50 bits per heavy atom. The first kappa shape index (κ1) is 19.1. The summed E-state index contributed by atoms with van der Waals surface area (Å²) in [6.07, 6.45) is 1.82. The first-order chi connectivity index (χ1) is 13.6. The zero-order valence-electron chi connectivity index (χ0n) is 15.5. The van der Waals surface area contributed by atoms with Gasteiger partial charge in [0.2, 0.25) is 5.91 Å². The summed E-state index contributed by atoms with van der Waals surface area (Å²) in [5.74, 6) is 1.21. The van der Waals surface area contributed by atoms with Gasteiger partial charge in [-0.05, 0) is 43.3 Å². The SMILES string of the molecule is CC(=O)c1cccc(Nc2ccc(NC(=O)CCOc3ccccc3)cn2)c1. The van der Waals surface area contributed by atoms with Gasteiger partial charge < -0.3 is 15.4 Å². The Morgan fingerprint density at radius 1 is 0.964 bits per heavy atom. The number of hydrogen-bond acceptors (Lipinski definition) is 5. The minimum absolute atomic E-state index is 0.00548. The van der Waals surface area contributed by atoms with Gasteiger partial charge in [-0.1, -0.05) is 30.3 Å². The molecule has 6 heteroatoms. The number of pyridine rings is 1. The lowest BCUT2D eigenvalue weighted by Gasteiger charge is -2.09. The van der Waals surface area contributed by atoms with Crippen molar-refractivity contribution in [3.63, 3.8) is 0 Å². The van der Waals surface area contributed by atoms with Crippen molar-refractivity contribution >= 4 is 28.9 Å². The Kier molecular flexibility index (Phi) is 6.36. The fourth-order valence-electron chi connectivity index (χ4n) is 2.51. The fraction of sp³-hybridized carbons (Fsp3) is 0.136. The molecule has 2 N–H and O–H groups in total. The van der Waals surface area contributed by atoms with Crippen LogP contribution in [0.3, 0.4) is 0 Å². The molecule has 1 amide bonds. The summed E-state index contributed by atoms with van der Waals surface area (Å²) < 4.78 is 5.52. The van der Waals surface area contributed by atoms with Gasteiger partial charge in [-0.15, -0.1) is 0 Å². The standard InChI is InChI=1S/C22H21N3O3/c1-16(26)17-6-5-7-18(14-17)24-21-11-10-19(15-23-21)25-22(27)12-13-28-20-8-3-2-4-9-20/h2-11,14-15H,12-13H2,1H3,(H,23,24)(H,25,27). The molecule has 3 aromatic rings. The number of benzene rings is 2. The number of carbonyl (C=O) groups excluding carboxylic acids is 2. The maximum absolute atomic E-state index is 12.0. The zero-order chi connectivity index (χ0) is 19.8. The third-order valence-electron chi connectivity index (χ3n) is 3.93. The topological polar surface area (TPSA) is 80.3 Å². The van der Waals surface area contributed by atoms with Crippen LogP contribution in [0.15, 0.2) is 72.9 Å². The van der Waals surface area contributed by atoms with Crippen LogP contribution in [0.25, 0.3) is 0 Å². The van der Waals surface area contributed by atoms with Gasteiger partial charge in [0.15, 0.2) is 5.78 Å². The van der Waals surface area contributed by atoms with Crippen molar-refractivity contribution < 1.29 is 14.3 Å². The molecule has 0 aliphatic heterocycles. The molecule has 0 unspecified atom stereocenters. The number of hydrogen-bond donors (Lipinski definition) is 2. The van der Waals surface area contributed by atoms with Crippen LogP contribution in [0.4, 0.5) is 17.2 Å². The minimum atomic E-state index is -0.146. The third kappa shape index (κ3) is 5.67. The van der Waals surface area contributed by atoms with E-state index < -0.39 is 0 Å². The van der Waals surface area contributed by atoms with E-state index in [2.05, 4.69) is 15.6 Å². The molecular weight excluding hydrogens is 354 g/mol. The van der Waals surface area contributed by atoms with Crippen molar-refractivity contribution in [3.8, 4) is 5.75 Å².